The molecule has 1 atom stereocenters. The highest BCUT2D eigenvalue weighted by Gasteiger charge is 2.30. The van der Waals surface area contributed by atoms with Gasteiger partial charge in [0.1, 0.15) is 29.3 Å². The van der Waals surface area contributed by atoms with Crippen LogP contribution in [0.3, 0.4) is 0 Å². The first-order valence-electron chi connectivity index (χ1n) is 14.6. The minimum Gasteiger partial charge on any atom is -0.479 e. The molecule has 2 aromatic carbocycles. The maximum atomic E-state index is 12.3. The number of anilines is 5. The Bertz CT molecular complexity index is 1620. The van der Waals surface area contributed by atoms with E-state index in [0.717, 1.165) is 30.0 Å². The van der Waals surface area contributed by atoms with Crippen molar-refractivity contribution in [2.24, 2.45) is 0 Å². The number of hydrogen-bond donors (Lipinski definition) is 2. The van der Waals surface area contributed by atoms with Gasteiger partial charge in [-0.15, -0.1) is 0 Å². The number of ether oxygens (including phenoxy) is 2. The molecule has 3 heterocycles. The smallest absolute Gasteiger partial charge is 0.247 e. The molecule has 2 aromatic heterocycles. The molecule has 1 saturated heterocycles. The summed E-state index contributed by atoms with van der Waals surface area (Å²) in [7, 11) is 7.45. The van der Waals surface area contributed by atoms with Crippen LogP contribution in [0.2, 0.25) is 0 Å². The lowest BCUT2D eigenvalue weighted by molar-refractivity contribution is -0.111. The molecule has 0 aliphatic carbocycles. The largest absolute Gasteiger partial charge is 0.479 e. The fraction of sp³-hybridized carbons (Fsp3) is 0.273. The van der Waals surface area contributed by atoms with Crippen LogP contribution in [0, 0.1) is 0 Å². The van der Waals surface area contributed by atoms with Crippen molar-refractivity contribution in [1.82, 2.24) is 19.9 Å². The molecule has 5 rings (SSSR count). The van der Waals surface area contributed by atoms with E-state index in [-0.39, 0.29) is 11.9 Å². The number of para-hydroxylation sites is 1. The van der Waals surface area contributed by atoms with Crippen LogP contribution in [-0.2, 0) is 9.63 Å². The van der Waals surface area contributed by atoms with Crippen LogP contribution in [-0.4, -0.2) is 73.7 Å². The fourth-order valence-corrected chi connectivity index (χ4v) is 4.84. The molecule has 0 radical (unpaired) electrons. The van der Waals surface area contributed by atoms with Crippen molar-refractivity contribution in [1.29, 1.82) is 0 Å². The van der Waals surface area contributed by atoms with Gasteiger partial charge >= 0.3 is 0 Å². The maximum Gasteiger partial charge on any atom is 0.247 e. The average molecular weight is 611 g/mol. The number of amides is 1. The second kappa shape index (κ2) is 14.5. The predicted octanol–water partition coefficient (Wildman–Crippen LogP) is 5.42. The number of rotatable bonds is 13. The highest BCUT2D eigenvalue weighted by molar-refractivity contribution is 6.01. The molecule has 0 saturated carbocycles. The van der Waals surface area contributed by atoms with Gasteiger partial charge in [-0.1, -0.05) is 36.9 Å². The van der Waals surface area contributed by atoms with E-state index >= 15 is 0 Å². The lowest BCUT2D eigenvalue weighted by Crippen LogP contribution is -2.30. The van der Waals surface area contributed by atoms with Gasteiger partial charge in [0.25, 0.3) is 0 Å². The van der Waals surface area contributed by atoms with Gasteiger partial charge in [-0.2, -0.15) is 4.98 Å². The summed E-state index contributed by atoms with van der Waals surface area (Å²) in [6.45, 7) is 5.59. The van der Waals surface area contributed by atoms with Gasteiger partial charge < -0.3 is 29.9 Å². The summed E-state index contributed by atoms with van der Waals surface area (Å²) in [5.41, 5.74) is 2.05. The van der Waals surface area contributed by atoms with Gasteiger partial charge in [0.2, 0.25) is 11.8 Å². The van der Waals surface area contributed by atoms with E-state index in [0.29, 0.717) is 47.9 Å². The Labute approximate surface area is 263 Å². The van der Waals surface area contributed by atoms with Crippen LogP contribution in [0.4, 0.5) is 28.8 Å². The molecule has 12 heteroatoms. The SMILES string of the molecule is C=CC(=O)Nc1cc(Nc2cc(N3OCCC3c3cccc(Oc4ccccc4)c3)ncn2)c(OC)nc1N(C)CCN(C)C. The molecule has 2 N–H and O–H groups in total. The topological polar surface area (TPSA) is 117 Å². The summed E-state index contributed by atoms with van der Waals surface area (Å²) in [5, 5.41) is 7.94. The van der Waals surface area contributed by atoms with Gasteiger partial charge in [0.15, 0.2) is 11.6 Å². The highest BCUT2D eigenvalue weighted by atomic mass is 16.7. The monoisotopic (exact) mass is 610 g/mol. The summed E-state index contributed by atoms with van der Waals surface area (Å²) in [6.07, 6.45) is 3.46. The van der Waals surface area contributed by atoms with E-state index in [1.807, 2.05) is 74.6 Å². The van der Waals surface area contributed by atoms with Gasteiger partial charge in [-0.3, -0.25) is 9.63 Å². The molecule has 0 spiro atoms. The summed E-state index contributed by atoms with van der Waals surface area (Å²) in [4.78, 5) is 36.0. The predicted molar refractivity (Wildman–Crippen MR) is 176 cm³/mol. The number of methoxy groups -OCH3 is 1. The summed E-state index contributed by atoms with van der Waals surface area (Å²) >= 11 is 0. The second-order valence-corrected chi connectivity index (χ2v) is 10.7. The van der Waals surface area contributed by atoms with Crippen LogP contribution < -0.4 is 30.1 Å². The van der Waals surface area contributed by atoms with E-state index in [9.17, 15) is 4.79 Å². The molecule has 45 heavy (non-hydrogen) atoms. The van der Waals surface area contributed by atoms with Crippen molar-refractivity contribution in [3.8, 4) is 17.4 Å². The number of carbonyl (C=O) groups is 1. The Kier molecular flexibility index (Phi) is 10.1. The Hall–Kier alpha value is -5.20. The number of hydrogen-bond acceptors (Lipinski definition) is 11. The van der Waals surface area contributed by atoms with Crippen molar-refractivity contribution in [3.05, 3.63) is 91.3 Å². The Morgan fingerprint density at radius 2 is 1.84 bits per heavy atom. The van der Waals surface area contributed by atoms with Crippen molar-refractivity contribution in [2.75, 3.05) is 68.5 Å². The average Bonchev–Trinajstić information content (AvgIpc) is 3.55. The first-order chi connectivity index (χ1) is 21.8. The third-order valence-corrected chi connectivity index (χ3v) is 7.12. The minimum absolute atomic E-state index is 0.0824. The highest BCUT2D eigenvalue weighted by Crippen LogP contribution is 2.38. The van der Waals surface area contributed by atoms with Gasteiger partial charge in [-0.25, -0.2) is 15.0 Å². The van der Waals surface area contributed by atoms with E-state index < -0.39 is 0 Å². The van der Waals surface area contributed by atoms with E-state index in [4.69, 9.17) is 19.3 Å². The first-order valence-corrected chi connectivity index (χ1v) is 14.6. The third kappa shape index (κ3) is 7.85. The molecule has 4 aromatic rings. The van der Waals surface area contributed by atoms with Crippen LogP contribution in [0.5, 0.6) is 17.4 Å². The van der Waals surface area contributed by atoms with Gasteiger partial charge in [0, 0.05) is 32.6 Å². The van der Waals surface area contributed by atoms with Crippen molar-refractivity contribution in [2.45, 2.75) is 12.5 Å². The third-order valence-electron chi connectivity index (χ3n) is 7.12. The minimum atomic E-state index is -0.352. The number of likely N-dealkylation sites (N-methyl/N-ethyl adjacent to an activating group) is 2. The summed E-state index contributed by atoms with van der Waals surface area (Å²) in [5.74, 6) is 3.13. The van der Waals surface area contributed by atoms with E-state index in [1.54, 1.807) is 24.3 Å². The van der Waals surface area contributed by atoms with Crippen molar-refractivity contribution in [3.63, 3.8) is 0 Å². The second-order valence-electron chi connectivity index (χ2n) is 10.7. The van der Waals surface area contributed by atoms with E-state index in [2.05, 4.69) is 38.1 Å². The molecule has 12 nitrogen and oxygen atoms in total. The first kappa shape index (κ1) is 31.2. The molecule has 1 aliphatic rings. The molecular weight excluding hydrogens is 572 g/mol. The number of benzene rings is 2. The lowest BCUT2D eigenvalue weighted by atomic mass is 10.0. The fourth-order valence-electron chi connectivity index (χ4n) is 4.84. The van der Waals surface area contributed by atoms with Crippen molar-refractivity contribution >= 4 is 34.7 Å². The quantitative estimate of drug-likeness (QED) is 0.189. The molecule has 1 amide bonds. The van der Waals surface area contributed by atoms with Gasteiger partial charge in [-0.05, 0) is 56.1 Å². The molecule has 1 aliphatic heterocycles. The van der Waals surface area contributed by atoms with E-state index in [1.165, 1.54) is 12.4 Å². The van der Waals surface area contributed by atoms with Gasteiger partial charge in [0.05, 0.1) is 25.4 Å². The number of aromatic nitrogens is 3. The number of carbonyl (C=O) groups excluding carboxylic acids is 1. The maximum absolute atomic E-state index is 12.3. The Balaban J connectivity index is 1.39. The Morgan fingerprint density at radius 3 is 2.60 bits per heavy atom. The molecule has 1 unspecified atom stereocenters. The van der Waals surface area contributed by atoms with Crippen molar-refractivity contribution < 1.29 is 19.1 Å². The zero-order valence-corrected chi connectivity index (χ0v) is 25.9. The molecular formula is C33H38N8O4. The zero-order valence-electron chi connectivity index (χ0n) is 25.9. The normalized spacial score (nSPS) is 14.2. The number of nitrogens with zero attached hydrogens (tertiary/aromatic N) is 6. The van der Waals surface area contributed by atoms with Crippen LogP contribution in [0.25, 0.3) is 0 Å². The number of nitrogens with one attached hydrogen (secondary N) is 2. The van der Waals surface area contributed by atoms with Crippen LogP contribution in [0.1, 0.15) is 18.0 Å². The Morgan fingerprint density at radius 1 is 1.04 bits per heavy atom. The lowest BCUT2D eigenvalue weighted by Gasteiger charge is -2.25. The molecule has 1 fully saturated rings. The molecule has 0 bridgehead atoms. The molecule has 234 valence electrons. The standard InChI is InChI=1S/C33H38N8O4/c1-6-31(42)37-26-20-27(33(43-5)38-32(26)40(4)17-16-39(2)3)36-29-21-30(35-22-34-29)41-28(15-18-44-41)23-11-10-14-25(19-23)45-24-12-8-7-9-13-24/h6-14,19-22,28H,1,15-18H2,2-5H3,(H,37,42)(H,34,35,36). The van der Waals surface area contributed by atoms with Crippen LogP contribution >= 0.6 is 0 Å². The summed E-state index contributed by atoms with van der Waals surface area (Å²) in [6, 6.07) is 21.1. The van der Waals surface area contributed by atoms with Crippen LogP contribution in [0.15, 0.2) is 85.7 Å². The number of pyridine rings is 1. The number of hydroxylamine groups is 1. The summed E-state index contributed by atoms with van der Waals surface area (Å²) < 4.78 is 11.7. The zero-order chi connectivity index (χ0) is 31.8.